The molecule has 0 bridgehead atoms. The standard InChI is InChI=1S/C20H20N2O4/c1-25-16-9-7-15(8-10-16)22-19(23)13-26-20(24)11-6-14-12-21-18-5-3-2-4-17(14)18/h2-5,7-10,12,21H,6,11,13H2,1H3,(H,22,23). The van der Waals surface area contributed by atoms with E-state index >= 15 is 0 Å². The van der Waals surface area contributed by atoms with Gasteiger partial charge in [-0.05, 0) is 42.3 Å². The molecule has 0 aliphatic rings. The van der Waals surface area contributed by atoms with Gasteiger partial charge in [-0.25, -0.2) is 0 Å². The maximum absolute atomic E-state index is 11.9. The minimum Gasteiger partial charge on any atom is -0.497 e. The third-order valence-corrected chi connectivity index (χ3v) is 4.01. The van der Waals surface area contributed by atoms with E-state index in [1.54, 1.807) is 31.4 Å². The summed E-state index contributed by atoms with van der Waals surface area (Å²) in [5, 5.41) is 3.76. The van der Waals surface area contributed by atoms with E-state index in [2.05, 4.69) is 10.3 Å². The van der Waals surface area contributed by atoms with Crippen LogP contribution >= 0.6 is 0 Å². The van der Waals surface area contributed by atoms with Gasteiger partial charge in [-0.15, -0.1) is 0 Å². The van der Waals surface area contributed by atoms with E-state index < -0.39 is 5.97 Å². The van der Waals surface area contributed by atoms with Crippen molar-refractivity contribution in [2.24, 2.45) is 0 Å². The van der Waals surface area contributed by atoms with Gasteiger partial charge >= 0.3 is 5.97 Å². The van der Waals surface area contributed by atoms with Crippen LogP contribution in [0.3, 0.4) is 0 Å². The Labute approximate surface area is 151 Å². The molecule has 1 heterocycles. The van der Waals surface area contributed by atoms with Gasteiger partial charge < -0.3 is 19.8 Å². The monoisotopic (exact) mass is 352 g/mol. The first-order chi connectivity index (χ1) is 12.7. The van der Waals surface area contributed by atoms with Crippen LogP contribution in [0.5, 0.6) is 5.75 Å². The number of benzene rings is 2. The number of anilines is 1. The molecule has 3 aromatic rings. The lowest BCUT2D eigenvalue weighted by Gasteiger charge is -2.07. The Kier molecular flexibility index (Phi) is 5.53. The molecule has 2 N–H and O–H groups in total. The second-order valence-electron chi connectivity index (χ2n) is 5.80. The summed E-state index contributed by atoms with van der Waals surface area (Å²) in [7, 11) is 1.57. The number of esters is 1. The number of H-pyrrole nitrogens is 1. The minimum atomic E-state index is -0.403. The van der Waals surface area contributed by atoms with Crippen molar-refractivity contribution < 1.29 is 19.1 Å². The number of fused-ring (bicyclic) bond motifs is 1. The number of carbonyl (C=O) groups is 2. The molecule has 6 heteroatoms. The van der Waals surface area contributed by atoms with Crippen LogP contribution in [0.2, 0.25) is 0 Å². The molecule has 3 rings (SSSR count). The molecule has 0 saturated carbocycles. The molecule has 6 nitrogen and oxygen atoms in total. The molecule has 0 radical (unpaired) electrons. The number of para-hydroxylation sites is 1. The second-order valence-corrected chi connectivity index (χ2v) is 5.80. The molecule has 134 valence electrons. The molecule has 0 aliphatic heterocycles. The number of hydrogen-bond donors (Lipinski definition) is 2. The van der Waals surface area contributed by atoms with Gasteiger partial charge in [0.1, 0.15) is 5.75 Å². The van der Waals surface area contributed by atoms with Gasteiger partial charge in [0.15, 0.2) is 6.61 Å². The number of nitrogens with one attached hydrogen (secondary N) is 2. The van der Waals surface area contributed by atoms with Gasteiger partial charge in [-0.1, -0.05) is 18.2 Å². The number of ether oxygens (including phenoxy) is 2. The van der Waals surface area contributed by atoms with E-state index in [0.29, 0.717) is 17.9 Å². The van der Waals surface area contributed by atoms with Crippen molar-refractivity contribution in [3.63, 3.8) is 0 Å². The van der Waals surface area contributed by atoms with Crippen LogP contribution < -0.4 is 10.1 Å². The maximum Gasteiger partial charge on any atom is 0.306 e. The number of methoxy groups -OCH3 is 1. The van der Waals surface area contributed by atoms with Crippen LogP contribution in [-0.4, -0.2) is 30.6 Å². The van der Waals surface area contributed by atoms with E-state index in [1.807, 2.05) is 30.5 Å². The van der Waals surface area contributed by atoms with Crippen LogP contribution in [-0.2, 0) is 20.7 Å². The molecule has 0 spiro atoms. The fourth-order valence-electron chi connectivity index (χ4n) is 2.66. The van der Waals surface area contributed by atoms with Crippen molar-refractivity contribution in [3.05, 3.63) is 60.3 Å². The highest BCUT2D eigenvalue weighted by atomic mass is 16.5. The normalized spacial score (nSPS) is 10.5. The van der Waals surface area contributed by atoms with Crippen LogP contribution in [0.1, 0.15) is 12.0 Å². The molecule has 0 saturated heterocycles. The van der Waals surface area contributed by atoms with E-state index in [0.717, 1.165) is 16.5 Å². The predicted octanol–water partition coefficient (Wildman–Crippen LogP) is 3.29. The Hall–Kier alpha value is -3.28. The molecule has 26 heavy (non-hydrogen) atoms. The number of aromatic nitrogens is 1. The molecule has 1 aromatic heterocycles. The molecule has 2 aromatic carbocycles. The topological polar surface area (TPSA) is 80.4 Å². The van der Waals surface area contributed by atoms with E-state index in [9.17, 15) is 9.59 Å². The molecular formula is C20H20N2O4. The highest BCUT2D eigenvalue weighted by Gasteiger charge is 2.10. The van der Waals surface area contributed by atoms with Crippen LogP contribution in [0, 0.1) is 0 Å². The van der Waals surface area contributed by atoms with Gasteiger partial charge in [-0.2, -0.15) is 0 Å². The zero-order chi connectivity index (χ0) is 18.4. The Morgan fingerprint density at radius 2 is 1.85 bits per heavy atom. The van der Waals surface area contributed by atoms with Crippen molar-refractivity contribution in [1.29, 1.82) is 0 Å². The summed E-state index contributed by atoms with van der Waals surface area (Å²) in [4.78, 5) is 26.9. The van der Waals surface area contributed by atoms with Crippen molar-refractivity contribution >= 4 is 28.5 Å². The Bertz CT molecular complexity index is 900. The zero-order valence-corrected chi connectivity index (χ0v) is 14.5. The lowest BCUT2D eigenvalue weighted by Crippen LogP contribution is -2.21. The van der Waals surface area contributed by atoms with E-state index in [-0.39, 0.29) is 18.9 Å². The van der Waals surface area contributed by atoms with E-state index in [4.69, 9.17) is 9.47 Å². The molecule has 0 atom stereocenters. The third-order valence-electron chi connectivity index (χ3n) is 4.01. The predicted molar refractivity (Wildman–Crippen MR) is 99.2 cm³/mol. The lowest BCUT2D eigenvalue weighted by atomic mass is 10.1. The summed E-state index contributed by atoms with van der Waals surface area (Å²) in [6, 6.07) is 14.8. The number of amides is 1. The summed E-state index contributed by atoms with van der Waals surface area (Å²) < 4.78 is 10.1. The zero-order valence-electron chi connectivity index (χ0n) is 14.5. The number of carbonyl (C=O) groups excluding carboxylic acids is 2. The Morgan fingerprint density at radius 3 is 2.62 bits per heavy atom. The van der Waals surface area contributed by atoms with Gasteiger partial charge in [0, 0.05) is 29.2 Å². The molecular weight excluding hydrogens is 332 g/mol. The van der Waals surface area contributed by atoms with Crippen molar-refractivity contribution in [3.8, 4) is 5.75 Å². The van der Waals surface area contributed by atoms with Crippen LogP contribution in [0.4, 0.5) is 5.69 Å². The first-order valence-corrected chi connectivity index (χ1v) is 8.30. The first-order valence-electron chi connectivity index (χ1n) is 8.30. The van der Waals surface area contributed by atoms with Crippen molar-refractivity contribution in [2.75, 3.05) is 19.0 Å². The first kappa shape index (κ1) is 17.5. The van der Waals surface area contributed by atoms with Gasteiger partial charge in [0.2, 0.25) is 0 Å². The van der Waals surface area contributed by atoms with Crippen molar-refractivity contribution in [1.82, 2.24) is 4.98 Å². The number of aryl methyl sites for hydroxylation is 1. The quantitative estimate of drug-likeness (QED) is 0.640. The molecule has 0 aliphatic carbocycles. The van der Waals surface area contributed by atoms with Crippen molar-refractivity contribution in [2.45, 2.75) is 12.8 Å². The highest BCUT2D eigenvalue weighted by molar-refractivity contribution is 5.92. The number of rotatable bonds is 7. The maximum atomic E-state index is 11.9. The molecule has 0 unspecified atom stereocenters. The Morgan fingerprint density at radius 1 is 1.08 bits per heavy atom. The fraction of sp³-hybridized carbons (Fsp3) is 0.200. The van der Waals surface area contributed by atoms with Gasteiger partial charge in [-0.3, -0.25) is 9.59 Å². The summed E-state index contributed by atoms with van der Waals surface area (Å²) in [5.41, 5.74) is 2.71. The van der Waals surface area contributed by atoms with Gasteiger partial charge in [0.25, 0.3) is 5.91 Å². The smallest absolute Gasteiger partial charge is 0.306 e. The van der Waals surface area contributed by atoms with Gasteiger partial charge in [0.05, 0.1) is 7.11 Å². The highest BCUT2D eigenvalue weighted by Crippen LogP contribution is 2.19. The summed E-state index contributed by atoms with van der Waals surface area (Å²) in [6.45, 7) is -0.307. The largest absolute Gasteiger partial charge is 0.497 e. The second kappa shape index (κ2) is 8.20. The Balaban J connectivity index is 1.44. The minimum absolute atomic E-state index is 0.220. The average molecular weight is 352 g/mol. The van der Waals surface area contributed by atoms with Crippen LogP contribution in [0.25, 0.3) is 10.9 Å². The summed E-state index contributed by atoms with van der Waals surface area (Å²) in [5.74, 6) is -0.0810. The summed E-state index contributed by atoms with van der Waals surface area (Å²) in [6.07, 6.45) is 2.68. The fourth-order valence-corrected chi connectivity index (χ4v) is 2.66. The molecule has 1 amide bonds. The van der Waals surface area contributed by atoms with Crippen LogP contribution in [0.15, 0.2) is 54.7 Å². The summed E-state index contributed by atoms with van der Waals surface area (Å²) >= 11 is 0. The van der Waals surface area contributed by atoms with E-state index in [1.165, 1.54) is 0 Å². The SMILES string of the molecule is COc1ccc(NC(=O)COC(=O)CCc2c[nH]c3ccccc23)cc1. The number of hydrogen-bond acceptors (Lipinski definition) is 4. The lowest BCUT2D eigenvalue weighted by molar-refractivity contribution is -0.147. The third kappa shape index (κ3) is 4.42. The molecule has 0 fully saturated rings. The number of aromatic amines is 1. The average Bonchev–Trinajstić information content (AvgIpc) is 3.08.